The third kappa shape index (κ3) is 2.28. The van der Waals surface area contributed by atoms with Crippen molar-refractivity contribution in [3.05, 3.63) is 54.6 Å². The summed E-state index contributed by atoms with van der Waals surface area (Å²) in [7, 11) is 0. The van der Waals surface area contributed by atoms with E-state index in [1.807, 2.05) is 23.7 Å². The number of rotatable bonds is 2. The molecule has 0 saturated heterocycles. The molecule has 3 aromatic rings. The second-order valence-corrected chi connectivity index (χ2v) is 5.39. The van der Waals surface area contributed by atoms with Crippen molar-refractivity contribution in [3.8, 4) is 22.4 Å². The van der Waals surface area contributed by atoms with Gasteiger partial charge in [0.2, 0.25) is 0 Å². The zero-order valence-corrected chi connectivity index (χ0v) is 12.4. The minimum Gasteiger partial charge on any atom is -0.265 e. The zero-order valence-electron chi connectivity index (χ0n) is 12.4. The summed E-state index contributed by atoms with van der Waals surface area (Å²) in [4.78, 5) is 4.06. The van der Waals surface area contributed by atoms with E-state index in [9.17, 15) is 4.39 Å². The molecule has 0 amide bonds. The van der Waals surface area contributed by atoms with Crippen molar-refractivity contribution >= 4 is 12.0 Å². The fraction of sp³-hybridized carbons (Fsp3) is 0.118. The van der Waals surface area contributed by atoms with Gasteiger partial charge in [0, 0.05) is 24.2 Å². The SMILES string of the molecule is CC1C=NNc2c(-c3ccc(F)cc3)c(-c3ccncc3)nn21. The maximum absolute atomic E-state index is 13.3. The van der Waals surface area contributed by atoms with Gasteiger partial charge < -0.3 is 0 Å². The molecule has 0 spiro atoms. The molecule has 6 heteroatoms. The Morgan fingerprint density at radius 1 is 1.04 bits per heavy atom. The summed E-state index contributed by atoms with van der Waals surface area (Å²) in [6, 6.07) is 10.3. The number of hydrazone groups is 1. The standard InChI is InChI=1S/C17H14FN5/c1-11-10-20-21-17-15(12-2-4-14(18)5-3-12)16(22-23(11)17)13-6-8-19-9-7-13/h2-11,21H,1H3. The number of aromatic nitrogens is 3. The number of halogens is 1. The van der Waals surface area contributed by atoms with Gasteiger partial charge in [-0.25, -0.2) is 9.07 Å². The highest BCUT2D eigenvalue weighted by molar-refractivity contribution is 5.90. The van der Waals surface area contributed by atoms with Crippen molar-refractivity contribution in [2.24, 2.45) is 5.10 Å². The van der Waals surface area contributed by atoms with E-state index in [0.29, 0.717) is 0 Å². The first-order valence-corrected chi connectivity index (χ1v) is 7.32. The van der Waals surface area contributed by atoms with Crippen molar-refractivity contribution < 1.29 is 4.39 Å². The van der Waals surface area contributed by atoms with Crippen LogP contribution in [0.5, 0.6) is 0 Å². The topological polar surface area (TPSA) is 55.1 Å². The van der Waals surface area contributed by atoms with Crippen LogP contribution in [0.25, 0.3) is 22.4 Å². The van der Waals surface area contributed by atoms with Crippen LogP contribution in [0.15, 0.2) is 53.9 Å². The fourth-order valence-electron chi connectivity index (χ4n) is 2.71. The molecule has 114 valence electrons. The van der Waals surface area contributed by atoms with Gasteiger partial charge in [0.15, 0.2) is 5.82 Å². The number of anilines is 1. The van der Waals surface area contributed by atoms with Gasteiger partial charge in [-0.2, -0.15) is 10.2 Å². The number of hydrogen-bond donors (Lipinski definition) is 1. The lowest BCUT2D eigenvalue weighted by atomic mass is 10.0. The molecular weight excluding hydrogens is 293 g/mol. The van der Waals surface area contributed by atoms with Crippen molar-refractivity contribution in [3.63, 3.8) is 0 Å². The normalized spacial score (nSPS) is 16.0. The summed E-state index contributed by atoms with van der Waals surface area (Å²) in [5.74, 6) is 0.540. The molecule has 0 bridgehead atoms. The van der Waals surface area contributed by atoms with Crippen molar-refractivity contribution in [1.29, 1.82) is 0 Å². The largest absolute Gasteiger partial charge is 0.265 e. The Bertz CT molecular complexity index is 868. The van der Waals surface area contributed by atoms with Crippen LogP contribution in [0.4, 0.5) is 10.2 Å². The van der Waals surface area contributed by atoms with Gasteiger partial charge in [0.25, 0.3) is 0 Å². The lowest BCUT2D eigenvalue weighted by molar-refractivity contribution is 0.614. The lowest BCUT2D eigenvalue weighted by Gasteiger charge is -2.16. The van der Waals surface area contributed by atoms with Crippen LogP contribution < -0.4 is 5.43 Å². The Balaban J connectivity index is 1.97. The van der Waals surface area contributed by atoms with E-state index in [1.54, 1.807) is 30.7 Å². The van der Waals surface area contributed by atoms with Crippen molar-refractivity contribution in [2.75, 3.05) is 5.43 Å². The van der Waals surface area contributed by atoms with Gasteiger partial charge in [0.05, 0.1) is 11.6 Å². The molecule has 3 heterocycles. The van der Waals surface area contributed by atoms with Crippen molar-refractivity contribution in [2.45, 2.75) is 13.0 Å². The van der Waals surface area contributed by atoms with Gasteiger partial charge >= 0.3 is 0 Å². The third-order valence-corrected chi connectivity index (χ3v) is 3.84. The smallest absolute Gasteiger partial charge is 0.153 e. The third-order valence-electron chi connectivity index (χ3n) is 3.84. The number of pyridine rings is 1. The Morgan fingerprint density at radius 3 is 2.52 bits per heavy atom. The van der Waals surface area contributed by atoms with Crippen LogP contribution in [-0.4, -0.2) is 21.0 Å². The van der Waals surface area contributed by atoms with Crippen LogP contribution in [0, 0.1) is 5.82 Å². The van der Waals surface area contributed by atoms with E-state index < -0.39 is 0 Å². The molecule has 1 aliphatic rings. The first kappa shape index (κ1) is 13.6. The molecular formula is C17H14FN5. The second-order valence-electron chi connectivity index (χ2n) is 5.39. The summed E-state index contributed by atoms with van der Waals surface area (Å²) in [5, 5.41) is 8.93. The van der Waals surface area contributed by atoms with E-state index >= 15 is 0 Å². The molecule has 1 aromatic carbocycles. The maximum atomic E-state index is 13.3. The molecule has 23 heavy (non-hydrogen) atoms. The van der Waals surface area contributed by atoms with E-state index in [4.69, 9.17) is 5.10 Å². The highest BCUT2D eigenvalue weighted by Gasteiger charge is 2.24. The maximum Gasteiger partial charge on any atom is 0.153 e. The molecule has 0 radical (unpaired) electrons. The molecule has 1 unspecified atom stereocenters. The van der Waals surface area contributed by atoms with Crippen LogP contribution in [0.3, 0.4) is 0 Å². The average Bonchev–Trinajstić information content (AvgIpc) is 2.97. The van der Waals surface area contributed by atoms with E-state index in [0.717, 1.165) is 28.2 Å². The first-order chi connectivity index (χ1) is 11.2. The molecule has 0 aliphatic carbocycles. The fourth-order valence-corrected chi connectivity index (χ4v) is 2.71. The Morgan fingerprint density at radius 2 is 1.78 bits per heavy atom. The second kappa shape index (κ2) is 5.31. The van der Waals surface area contributed by atoms with Crippen LogP contribution >= 0.6 is 0 Å². The number of hydrogen-bond acceptors (Lipinski definition) is 4. The first-order valence-electron chi connectivity index (χ1n) is 7.32. The number of nitrogens with zero attached hydrogens (tertiary/aromatic N) is 4. The van der Waals surface area contributed by atoms with Crippen LogP contribution in [0.1, 0.15) is 13.0 Å². The molecule has 0 saturated carbocycles. The highest BCUT2D eigenvalue weighted by Crippen LogP contribution is 2.39. The quantitative estimate of drug-likeness (QED) is 0.785. The van der Waals surface area contributed by atoms with Gasteiger partial charge in [-0.05, 0) is 36.8 Å². The number of fused-ring (bicyclic) bond motifs is 1. The number of nitrogens with one attached hydrogen (secondary N) is 1. The zero-order chi connectivity index (χ0) is 15.8. The number of benzene rings is 1. The lowest BCUT2D eigenvalue weighted by Crippen LogP contribution is -2.16. The summed E-state index contributed by atoms with van der Waals surface area (Å²) < 4.78 is 15.2. The highest BCUT2D eigenvalue weighted by atomic mass is 19.1. The Labute approximate surface area is 132 Å². The van der Waals surface area contributed by atoms with Crippen molar-refractivity contribution in [1.82, 2.24) is 14.8 Å². The molecule has 4 rings (SSSR count). The van der Waals surface area contributed by atoms with Gasteiger partial charge in [-0.3, -0.25) is 10.4 Å². The predicted molar refractivity (Wildman–Crippen MR) is 87.7 cm³/mol. The van der Waals surface area contributed by atoms with E-state index in [2.05, 4.69) is 15.5 Å². The van der Waals surface area contributed by atoms with Gasteiger partial charge in [0.1, 0.15) is 11.5 Å². The minimum atomic E-state index is -0.264. The molecule has 5 nitrogen and oxygen atoms in total. The van der Waals surface area contributed by atoms with E-state index in [-0.39, 0.29) is 11.9 Å². The van der Waals surface area contributed by atoms with Gasteiger partial charge in [-0.1, -0.05) is 12.1 Å². The predicted octanol–water partition coefficient (Wildman–Crippen LogP) is 3.72. The summed E-state index contributed by atoms with van der Waals surface area (Å²) in [6.45, 7) is 2.02. The summed E-state index contributed by atoms with van der Waals surface area (Å²) in [6.07, 6.45) is 5.26. The van der Waals surface area contributed by atoms with Crippen LogP contribution in [0.2, 0.25) is 0 Å². The molecule has 1 aliphatic heterocycles. The molecule has 1 N–H and O–H groups in total. The Hall–Kier alpha value is -3.02. The summed E-state index contributed by atoms with van der Waals surface area (Å²) in [5.41, 5.74) is 6.59. The Kier molecular flexibility index (Phi) is 3.15. The van der Waals surface area contributed by atoms with Crippen LogP contribution in [-0.2, 0) is 0 Å². The van der Waals surface area contributed by atoms with Gasteiger partial charge in [-0.15, -0.1) is 0 Å². The average molecular weight is 307 g/mol. The summed E-state index contributed by atoms with van der Waals surface area (Å²) >= 11 is 0. The molecule has 2 aromatic heterocycles. The minimum absolute atomic E-state index is 0.0426. The monoisotopic (exact) mass is 307 g/mol. The molecule has 1 atom stereocenters. The molecule has 0 fully saturated rings. The van der Waals surface area contributed by atoms with E-state index in [1.165, 1.54) is 12.1 Å².